The van der Waals surface area contributed by atoms with Gasteiger partial charge in [0, 0.05) is 18.5 Å². The fraction of sp³-hybridized carbons (Fsp3) is 0.250. The number of nitrogen functional groups attached to an aromatic ring is 1. The van der Waals surface area contributed by atoms with Gasteiger partial charge < -0.3 is 5.73 Å². The van der Waals surface area contributed by atoms with Gasteiger partial charge in [-0.1, -0.05) is 0 Å². The molecule has 0 radical (unpaired) electrons. The van der Waals surface area contributed by atoms with Crippen LogP contribution in [-0.4, -0.2) is 9.78 Å². The molecule has 0 atom stereocenters. The highest BCUT2D eigenvalue weighted by Gasteiger charge is 2.15. The number of hydrogen-bond donors (Lipinski definition) is 1. The van der Waals surface area contributed by atoms with Gasteiger partial charge in [0.05, 0.1) is 20.8 Å². The summed E-state index contributed by atoms with van der Waals surface area (Å²) in [6.07, 6.45) is 0. The third-order valence-electron chi connectivity index (χ3n) is 2.64. The van der Waals surface area contributed by atoms with Crippen molar-refractivity contribution in [2.24, 2.45) is 7.05 Å². The molecular weight excluding hydrogens is 336 g/mol. The number of aromatic nitrogens is 2. The van der Waals surface area contributed by atoms with Crippen molar-refractivity contribution in [2.45, 2.75) is 17.6 Å². The van der Waals surface area contributed by atoms with Gasteiger partial charge in [0.1, 0.15) is 11.6 Å². The van der Waals surface area contributed by atoms with Crippen LogP contribution in [0.25, 0.3) is 0 Å². The highest BCUT2D eigenvalue weighted by Crippen LogP contribution is 2.32. The van der Waals surface area contributed by atoms with Gasteiger partial charge in [0.2, 0.25) is 0 Å². The molecule has 0 fully saturated rings. The normalized spacial score (nSPS) is 11.0. The lowest BCUT2D eigenvalue weighted by Gasteiger charge is -2.07. The zero-order chi connectivity index (χ0) is 14.2. The van der Waals surface area contributed by atoms with Gasteiger partial charge in [-0.25, -0.2) is 8.78 Å². The van der Waals surface area contributed by atoms with Crippen LogP contribution in [-0.2, 0) is 12.8 Å². The number of hydrogen-bond acceptors (Lipinski definition) is 3. The van der Waals surface area contributed by atoms with Gasteiger partial charge in [0.15, 0.2) is 0 Å². The van der Waals surface area contributed by atoms with Crippen molar-refractivity contribution in [3.8, 4) is 0 Å². The Bertz CT molecular complexity index is 605. The Morgan fingerprint density at radius 3 is 2.42 bits per heavy atom. The van der Waals surface area contributed by atoms with E-state index in [1.807, 2.05) is 6.92 Å². The van der Waals surface area contributed by atoms with Gasteiger partial charge in [-0.05, 0) is 35.0 Å². The van der Waals surface area contributed by atoms with Gasteiger partial charge in [0.25, 0.3) is 0 Å². The first-order valence-corrected chi connectivity index (χ1v) is 7.23. The van der Waals surface area contributed by atoms with E-state index in [2.05, 4.69) is 21.0 Å². The van der Waals surface area contributed by atoms with Crippen LogP contribution in [0, 0.1) is 18.6 Å². The van der Waals surface area contributed by atoms with E-state index in [1.54, 1.807) is 11.7 Å². The van der Waals surface area contributed by atoms with E-state index in [0.717, 1.165) is 39.8 Å². The SMILES string of the molecule is Cc1nn(C)c(CSc2c(F)cc(N)cc2F)c1Br. The van der Waals surface area contributed by atoms with Crippen LogP contribution >= 0.6 is 27.7 Å². The Morgan fingerprint density at radius 1 is 1.37 bits per heavy atom. The molecule has 2 rings (SSSR count). The van der Waals surface area contributed by atoms with Gasteiger partial charge in [-0.15, -0.1) is 11.8 Å². The summed E-state index contributed by atoms with van der Waals surface area (Å²) in [5, 5.41) is 4.23. The molecule has 1 aromatic carbocycles. The third kappa shape index (κ3) is 2.92. The summed E-state index contributed by atoms with van der Waals surface area (Å²) < 4.78 is 29.8. The van der Waals surface area contributed by atoms with E-state index < -0.39 is 11.6 Å². The number of nitrogens with two attached hydrogens (primary N) is 1. The maximum absolute atomic E-state index is 13.6. The lowest BCUT2D eigenvalue weighted by Crippen LogP contribution is -1.98. The molecule has 0 aliphatic rings. The largest absolute Gasteiger partial charge is 0.399 e. The molecule has 0 bridgehead atoms. The summed E-state index contributed by atoms with van der Waals surface area (Å²) in [5.41, 5.74) is 7.17. The molecule has 7 heteroatoms. The Morgan fingerprint density at radius 2 is 1.95 bits per heavy atom. The Kier molecular flexibility index (Phi) is 4.15. The Hall–Kier alpha value is -1.08. The molecule has 2 N–H and O–H groups in total. The Balaban J connectivity index is 2.24. The van der Waals surface area contributed by atoms with E-state index in [4.69, 9.17) is 5.73 Å². The highest BCUT2D eigenvalue weighted by atomic mass is 79.9. The third-order valence-corrected chi connectivity index (χ3v) is 4.76. The minimum atomic E-state index is -0.641. The van der Waals surface area contributed by atoms with Crippen LogP contribution < -0.4 is 5.73 Å². The lowest BCUT2D eigenvalue weighted by molar-refractivity contribution is 0.541. The number of halogens is 3. The monoisotopic (exact) mass is 347 g/mol. The average Bonchev–Trinajstić information content (AvgIpc) is 2.53. The van der Waals surface area contributed by atoms with E-state index in [1.165, 1.54) is 0 Å². The molecule has 1 aromatic heterocycles. The average molecular weight is 348 g/mol. The number of thioether (sulfide) groups is 1. The van der Waals surface area contributed by atoms with E-state index >= 15 is 0 Å². The van der Waals surface area contributed by atoms with Crippen molar-refractivity contribution in [2.75, 3.05) is 5.73 Å². The molecular formula is C12H12BrF2N3S. The lowest BCUT2D eigenvalue weighted by atomic mass is 10.3. The molecule has 0 spiro atoms. The molecule has 102 valence electrons. The molecule has 0 aliphatic heterocycles. The van der Waals surface area contributed by atoms with Crippen molar-refractivity contribution >= 4 is 33.4 Å². The number of benzene rings is 1. The minimum Gasteiger partial charge on any atom is -0.399 e. The molecule has 0 unspecified atom stereocenters. The number of nitrogens with zero attached hydrogens (tertiary/aromatic N) is 2. The predicted molar refractivity (Wildman–Crippen MR) is 76.0 cm³/mol. The Labute approximate surface area is 122 Å². The molecule has 0 amide bonds. The molecule has 3 nitrogen and oxygen atoms in total. The molecule has 1 heterocycles. The van der Waals surface area contributed by atoms with E-state index in [-0.39, 0.29) is 10.6 Å². The quantitative estimate of drug-likeness (QED) is 0.680. The van der Waals surface area contributed by atoms with Gasteiger partial charge >= 0.3 is 0 Å². The summed E-state index contributed by atoms with van der Waals surface area (Å²) in [6, 6.07) is 2.24. The number of rotatable bonds is 3. The zero-order valence-electron chi connectivity index (χ0n) is 10.4. The number of anilines is 1. The standard InChI is InChI=1S/C12H12BrF2N3S/c1-6-11(13)10(18(2)17-6)5-19-12-8(14)3-7(16)4-9(12)15/h3-4H,5,16H2,1-2H3. The first-order chi connectivity index (χ1) is 8.90. The van der Waals surface area contributed by atoms with Crippen LogP contribution in [0.4, 0.5) is 14.5 Å². The van der Waals surface area contributed by atoms with Crippen molar-refractivity contribution in [1.29, 1.82) is 0 Å². The minimum absolute atomic E-state index is 0.0278. The summed E-state index contributed by atoms with van der Waals surface area (Å²) in [7, 11) is 1.79. The van der Waals surface area contributed by atoms with Crippen molar-refractivity contribution in [3.63, 3.8) is 0 Å². The summed E-state index contributed by atoms with van der Waals surface area (Å²) in [4.78, 5) is -0.0278. The first-order valence-electron chi connectivity index (χ1n) is 5.45. The van der Waals surface area contributed by atoms with Crippen LogP contribution in [0.1, 0.15) is 11.4 Å². The van der Waals surface area contributed by atoms with Crippen LogP contribution in [0.3, 0.4) is 0 Å². The van der Waals surface area contributed by atoms with Gasteiger partial charge in [-0.2, -0.15) is 5.10 Å². The molecule has 2 aromatic rings. The predicted octanol–water partition coefficient (Wildman–Crippen LogP) is 3.64. The van der Waals surface area contributed by atoms with Crippen LogP contribution in [0.15, 0.2) is 21.5 Å². The number of aryl methyl sites for hydroxylation is 2. The second kappa shape index (κ2) is 5.50. The van der Waals surface area contributed by atoms with Crippen molar-refractivity contribution in [3.05, 3.63) is 39.6 Å². The van der Waals surface area contributed by atoms with Crippen molar-refractivity contribution < 1.29 is 8.78 Å². The fourth-order valence-electron chi connectivity index (χ4n) is 1.69. The van der Waals surface area contributed by atoms with E-state index in [9.17, 15) is 8.78 Å². The molecule has 19 heavy (non-hydrogen) atoms. The summed E-state index contributed by atoms with van der Waals surface area (Å²) >= 11 is 4.50. The highest BCUT2D eigenvalue weighted by molar-refractivity contribution is 9.10. The fourth-order valence-corrected chi connectivity index (χ4v) is 3.36. The topological polar surface area (TPSA) is 43.8 Å². The smallest absolute Gasteiger partial charge is 0.141 e. The first kappa shape index (κ1) is 14.3. The maximum atomic E-state index is 13.6. The summed E-state index contributed by atoms with van der Waals surface area (Å²) in [5.74, 6) is -0.870. The second-order valence-corrected chi connectivity index (χ2v) is 5.85. The molecule has 0 saturated carbocycles. The molecule has 0 saturated heterocycles. The van der Waals surface area contributed by atoms with E-state index in [0.29, 0.717) is 5.75 Å². The zero-order valence-corrected chi connectivity index (χ0v) is 12.8. The van der Waals surface area contributed by atoms with Crippen LogP contribution in [0.5, 0.6) is 0 Å². The summed E-state index contributed by atoms with van der Waals surface area (Å²) in [6.45, 7) is 1.86. The maximum Gasteiger partial charge on any atom is 0.141 e. The second-order valence-electron chi connectivity index (χ2n) is 4.07. The van der Waals surface area contributed by atoms with Crippen LogP contribution in [0.2, 0.25) is 0 Å². The van der Waals surface area contributed by atoms with Crippen molar-refractivity contribution in [1.82, 2.24) is 9.78 Å². The molecule has 0 aliphatic carbocycles. The van der Waals surface area contributed by atoms with Gasteiger partial charge in [-0.3, -0.25) is 4.68 Å².